The number of carbonyl (C=O) groups excluding carboxylic acids is 1. The van der Waals surface area contributed by atoms with Crippen molar-refractivity contribution in [1.82, 2.24) is 10.0 Å². The number of nitrogens with one attached hydrogen (secondary N) is 1. The molecular weight excluding hydrogens is 363 g/mol. The van der Waals surface area contributed by atoms with Crippen molar-refractivity contribution in [3.8, 4) is 11.1 Å². The van der Waals surface area contributed by atoms with E-state index in [1.165, 1.54) is 5.48 Å². The Bertz CT molecular complexity index is 985. The van der Waals surface area contributed by atoms with Gasteiger partial charge in [0.2, 0.25) is 0 Å². The second kappa shape index (κ2) is 7.79. The quantitative estimate of drug-likeness (QED) is 0.578. The largest absolute Gasteiger partial charge is 0.312 e. The smallest absolute Gasteiger partial charge is 0.261 e. The number of rotatable bonds is 6. The monoisotopic (exact) mass is 382 g/mol. The number of aryl methyl sites for hydroxylation is 2. The summed E-state index contributed by atoms with van der Waals surface area (Å²) >= 11 is 0. The zero-order valence-corrected chi connectivity index (χ0v) is 15.1. The van der Waals surface area contributed by atoms with Crippen molar-refractivity contribution >= 4 is 15.7 Å². The number of nitrogens with zero attached hydrogens (tertiary/aromatic N) is 1. The van der Waals surface area contributed by atoms with Gasteiger partial charge in [0.25, 0.3) is 11.5 Å². The lowest BCUT2D eigenvalue weighted by Gasteiger charge is -2.14. The van der Waals surface area contributed by atoms with Crippen LogP contribution in [0.1, 0.15) is 12.0 Å². The third-order valence-electron chi connectivity index (χ3n) is 3.96. The molecule has 2 rings (SSSR count). The zero-order chi connectivity index (χ0) is 19.5. The molecule has 1 aromatic carbocycles. The van der Waals surface area contributed by atoms with Gasteiger partial charge >= 0.3 is 0 Å². The third-order valence-corrected chi connectivity index (χ3v) is 5.44. The van der Waals surface area contributed by atoms with E-state index in [0.717, 1.165) is 28.6 Å². The highest BCUT2D eigenvalue weighted by atomic mass is 32.2. The van der Waals surface area contributed by atoms with Gasteiger partial charge in [-0.05, 0) is 18.9 Å². The lowest BCUT2D eigenvalue weighted by atomic mass is 10.0. The Kier molecular flexibility index (Phi) is 5.94. The Morgan fingerprint density at radius 2 is 2.04 bits per heavy atom. The van der Waals surface area contributed by atoms with E-state index in [2.05, 4.69) is 0 Å². The first-order valence-electron chi connectivity index (χ1n) is 7.73. The van der Waals surface area contributed by atoms with Gasteiger partial charge in [0.05, 0.1) is 0 Å². The van der Waals surface area contributed by atoms with Crippen LogP contribution in [-0.2, 0) is 21.2 Å². The standard InChI is InChI=1S/C17H19FN2O5S/c1-11-4-3-5-12(8-11)13-9-16(21)20(10-14(13)18)7-6-15(17(22)19-23)26(2,24)25/h3-5,8-10,15,23H,6-7H2,1-2H3,(H,19,22)/t15-/m1/s1. The first-order chi connectivity index (χ1) is 12.1. The molecule has 0 aliphatic heterocycles. The molecule has 1 atom stereocenters. The lowest BCUT2D eigenvalue weighted by Crippen LogP contribution is -2.39. The number of sulfone groups is 1. The highest BCUT2D eigenvalue weighted by Gasteiger charge is 2.28. The number of aromatic nitrogens is 1. The summed E-state index contributed by atoms with van der Waals surface area (Å²) in [6.07, 6.45) is 1.54. The Morgan fingerprint density at radius 1 is 1.35 bits per heavy atom. The van der Waals surface area contributed by atoms with Crippen molar-refractivity contribution in [3.05, 3.63) is 58.3 Å². The average Bonchev–Trinajstić information content (AvgIpc) is 2.56. The molecule has 1 aromatic heterocycles. The first kappa shape index (κ1) is 19.8. The van der Waals surface area contributed by atoms with Crippen LogP contribution in [0.2, 0.25) is 0 Å². The maximum atomic E-state index is 14.4. The Balaban J connectivity index is 2.31. The lowest BCUT2D eigenvalue weighted by molar-refractivity contribution is -0.128. The van der Waals surface area contributed by atoms with Crippen LogP contribution in [0.4, 0.5) is 4.39 Å². The van der Waals surface area contributed by atoms with Crippen LogP contribution in [0.5, 0.6) is 0 Å². The summed E-state index contributed by atoms with van der Waals surface area (Å²) in [6.45, 7) is 1.65. The SMILES string of the molecule is Cc1cccc(-c2cc(=O)n(CC[C@H](C(=O)NO)S(C)(=O)=O)cc2F)c1. The predicted molar refractivity (Wildman–Crippen MR) is 94.0 cm³/mol. The molecule has 0 bridgehead atoms. The molecule has 9 heteroatoms. The van der Waals surface area contributed by atoms with Gasteiger partial charge in [-0.2, -0.15) is 0 Å². The summed E-state index contributed by atoms with van der Waals surface area (Å²) in [5.41, 5.74) is 2.37. The summed E-state index contributed by atoms with van der Waals surface area (Å²) in [6, 6.07) is 8.15. The van der Waals surface area contributed by atoms with Gasteiger partial charge in [0.15, 0.2) is 9.84 Å². The molecule has 2 aromatic rings. The van der Waals surface area contributed by atoms with Crippen LogP contribution in [0.3, 0.4) is 0 Å². The van der Waals surface area contributed by atoms with E-state index < -0.39 is 32.4 Å². The highest BCUT2D eigenvalue weighted by molar-refractivity contribution is 7.92. The van der Waals surface area contributed by atoms with Crippen molar-refractivity contribution in [2.24, 2.45) is 0 Å². The maximum Gasteiger partial charge on any atom is 0.261 e. The number of carbonyl (C=O) groups is 1. The molecule has 2 N–H and O–H groups in total. The summed E-state index contributed by atoms with van der Waals surface area (Å²) in [5.74, 6) is -1.74. The van der Waals surface area contributed by atoms with Gasteiger partial charge in [-0.3, -0.25) is 14.8 Å². The minimum Gasteiger partial charge on any atom is -0.312 e. The van der Waals surface area contributed by atoms with E-state index in [1.54, 1.807) is 18.2 Å². The van der Waals surface area contributed by atoms with Crippen molar-refractivity contribution in [3.63, 3.8) is 0 Å². The summed E-state index contributed by atoms with van der Waals surface area (Å²) in [5, 5.41) is 7.11. The minimum absolute atomic E-state index is 0.141. The first-order valence-corrected chi connectivity index (χ1v) is 9.69. The Labute approximate surface area is 150 Å². The number of hydroxylamine groups is 1. The van der Waals surface area contributed by atoms with Crippen LogP contribution in [0, 0.1) is 12.7 Å². The molecule has 0 aliphatic carbocycles. The molecule has 26 heavy (non-hydrogen) atoms. The highest BCUT2D eigenvalue weighted by Crippen LogP contribution is 2.22. The molecule has 0 saturated heterocycles. The van der Waals surface area contributed by atoms with E-state index in [0.29, 0.717) is 5.56 Å². The number of pyridine rings is 1. The molecule has 1 heterocycles. The third kappa shape index (κ3) is 4.55. The average molecular weight is 382 g/mol. The molecule has 0 fully saturated rings. The van der Waals surface area contributed by atoms with Gasteiger partial charge in [-0.15, -0.1) is 0 Å². The van der Waals surface area contributed by atoms with E-state index in [-0.39, 0.29) is 18.5 Å². The van der Waals surface area contributed by atoms with E-state index in [1.807, 2.05) is 13.0 Å². The van der Waals surface area contributed by atoms with Crippen LogP contribution in [0.15, 0.2) is 41.3 Å². The second-order valence-corrected chi connectivity index (χ2v) is 8.25. The zero-order valence-electron chi connectivity index (χ0n) is 14.3. The molecule has 7 nitrogen and oxygen atoms in total. The molecule has 0 unspecified atom stereocenters. The maximum absolute atomic E-state index is 14.4. The van der Waals surface area contributed by atoms with Gasteiger partial charge in [-0.25, -0.2) is 18.3 Å². The number of hydrogen-bond donors (Lipinski definition) is 2. The fraction of sp³-hybridized carbons (Fsp3) is 0.294. The molecule has 0 radical (unpaired) electrons. The van der Waals surface area contributed by atoms with Gasteiger partial charge in [-0.1, -0.05) is 29.8 Å². The summed E-state index contributed by atoms with van der Waals surface area (Å²) < 4.78 is 38.7. The van der Waals surface area contributed by atoms with Crippen molar-refractivity contribution in [2.75, 3.05) is 6.26 Å². The topological polar surface area (TPSA) is 105 Å². The molecule has 0 spiro atoms. The molecule has 1 amide bonds. The van der Waals surface area contributed by atoms with Crippen LogP contribution < -0.4 is 11.0 Å². The molecule has 0 saturated carbocycles. The van der Waals surface area contributed by atoms with Gasteiger partial charge < -0.3 is 4.57 Å². The van der Waals surface area contributed by atoms with Crippen molar-refractivity contribution in [2.45, 2.75) is 25.1 Å². The molecule has 0 aliphatic rings. The fourth-order valence-corrected chi connectivity index (χ4v) is 3.60. The molecular formula is C17H19FN2O5S. The predicted octanol–water partition coefficient (Wildman–Crippen LogP) is 1.27. The van der Waals surface area contributed by atoms with E-state index in [4.69, 9.17) is 5.21 Å². The summed E-state index contributed by atoms with van der Waals surface area (Å²) in [7, 11) is -3.81. The van der Waals surface area contributed by atoms with Crippen LogP contribution in [-0.4, -0.2) is 35.6 Å². The number of benzene rings is 1. The number of hydrogen-bond acceptors (Lipinski definition) is 5. The van der Waals surface area contributed by atoms with Crippen molar-refractivity contribution < 1.29 is 22.8 Å². The molecule has 140 valence electrons. The van der Waals surface area contributed by atoms with E-state index in [9.17, 15) is 22.4 Å². The van der Waals surface area contributed by atoms with Crippen LogP contribution in [0.25, 0.3) is 11.1 Å². The van der Waals surface area contributed by atoms with E-state index >= 15 is 0 Å². The Morgan fingerprint density at radius 3 is 2.62 bits per heavy atom. The fourth-order valence-electron chi connectivity index (χ4n) is 2.62. The van der Waals surface area contributed by atoms with Gasteiger partial charge in [0, 0.05) is 30.6 Å². The normalized spacial score (nSPS) is 12.6. The minimum atomic E-state index is -3.81. The van der Waals surface area contributed by atoms with Crippen molar-refractivity contribution in [1.29, 1.82) is 0 Å². The summed E-state index contributed by atoms with van der Waals surface area (Å²) in [4.78, 5) is 23.8. The second-order valence-electron chi connectivity index (χ2n) is 6.02. The van der Waals surface area contributed by atoms with Gasteiger partial charge in [0.1, 0.15) is 11.1 Å². The van der Waals surface area contributed by atoms with Crippen LogP contribution >= 0.6 is 0 Å². The number of halogens is 1. The number of amides is 1. The Hall–Kier alpha value is -2.52.